The molecule has 24 heavy (non-hydrogen) atoms. The normalized spacial score (nSPS) is 14.4. The van der Waals surface area contributed by atoms with Crippen molar-refractivity contribution in [3.63, 3.8) is 0 Å². The van der Waals surface area contributed by atoms with E-state index < -0.39 is 0 Å². The van der Waals surface area contributed by atoms with Crippen LogP contribution in [0.2, 0.25) is 0 Å². The van der Waals surface area contributed by atoms with Crippen molar-refractivity contribution in [1.82, 2.24) is 4.90 Å². The zero-order valence-corrected chi connectivity index (χ0v) is 14.4. The number of amides is 1. The first-order valence-corrected chi connectivity index (χ1v) is 8.36. The average Bonchev–Trinajstić information content (AvgIpc) is 2.67. The van der Waals surface area contributed by atoms with E-state index >= 15 is 0 Å². The minimum absolute atomic E-state index is 0.0437. The van der Waals surface area contributed by atoms with Gasteiger partial charge in [-0.2, -0.15) is 0 Å². The molecule has 3 rings (SSSR count). The molecule has 128 valence electrons. The Kier molecular flexibility index (Phi) is 5.44. The number of benzene rings is 2. The molecule has 4 nitrogen and oxygen atoms in total. The maximum absolute atomic E-state index is 12.5. The Hall–Kier alpha value is -1.97. The molecular formula is C19H19NNiO3. The Balaban J connectivity index is 1.90. The minimum atomic E-state index is 0.0437. The molecule has 2 aromatic carbocycles. The fraction of sp³-hybridized carbons (Fsp3) is 0.263. The van der Waals surface area contributed by atoms with Crippen LogP contribution in [0.15, 0.2) is 42.5 Å². The van der Waals surface area contributed by atoms with Gasteiger partial charge < -0.3 is 0 Å². The van der Waals surface area contributed by atoms with E-state index in [1.54, 1.807) is 12.1 Å². The SMILES string of the molecule is COc1cccc([CH]=[Ni])c1-c1ccc(C(=O)N2CCOCC2)cc1. The molecule has 0 spiro atoms. The van der Waals surface area contributed by atoms with Crippen molar-refractivity contribution >= 4 is 10.9 Å². The zero-order chi connectivity index (χ0) is 16.9. The second-order valence-electron chi connectivity index (χ2n) is 5.50. The monoisotopic (exact) mass is 367 g/mol. The average molecular weight is 368 g/mol. The molecule has 1 heterocycles. The van der Waals surface area contributed by atoms with E-state index in [1.807, 2.05) is 47.4 Å². The van der Waals surface area contributed by atoms with Gasteiger partial charge in [0.15, 0.2) is 0 Å². The molecule has 0 radical (unpaired) electrons. The first kappa shape index (κ1) is 16.9. The van der Waals surface area contributed by atoms with Crippen molar-refractivity contribution in [2.45, 2.75) is 0 Å². The van der Waals surface area contributed by atoms with Gasteiger partial charge in [-0.05, 0) is 0 Å². The topological polar surface area (TPSA) is 38.8 Å². The summed E-state index contributed by atoms with van der Waals surface area (Å²) < 4.78 is 10.8. The molecule has 0 aliphatic carbocycles. The first-order valence-electron chi connectivity index (χ1n) is 7.79. The Morgan fingerprint density at radius 3 is 2.50 bits per heavy atom. The summed E-state index contributed by atoms with van der Waals surface area (Å²) in [6.45, 7) is 2.49. The Bertz CT molecular complexity index is 737. The number of carbonyl (C=O) groups is 1. The van der Waals surface area contributed by atoms with E-state index in [1.165, 1.54) is 0 Å². The molecule has 5 heteroatoms. The molecule has 0 atom stereocenters. The van der Waals surface area contributed by atoms with Crippen LogP contribution in [0.3, 0.4) is 0 Å². The van der Waals surface area contributed by atoms with E-state index in [4.69, 9.17) is 24.5 Å². The number of hydrogen-bond donors (Lipinski definition) is 0. The molecule has 0 aromatic heterocycles. The second kappa shape index (κ2) is 7.74. The van der Waals surface area contributed by atoms with E-state index in [9.17, 15) is 4.79 Å². The standard InChI is InChI=1S/C19H19NO3.Ni/c1-14-4-3-5-17(22-2)18(14)15-6-8-16(9-7-15)19(21)20-10-12-23-13-11-20;/h1,3-9H,10-13H2,2H3;. The number of hydrogen-bond acceptors (Lipinski definition) is 3. The van der Waals surface area contributed by atoms with Gasteiger partial charge in [0.05, 0.1) is 0 Å². The summed E-state index contributed by atoms with van der Waals surface area (Å²) in [5.41, 5.74) is 3.56. The van der Waals surface area contributed by atoms with Gasteiger partial charge in [-0.3, -0.25) is 0 Å². The third-order valence-corrected chi connectivity index (χ3v) is 4.40. The molecule has 2 aromatic rings. The van der Waals surface area contributed by atoms with Crippen LogP contribution in [0, 0.1) is 0 Å². The molecule has 1 amide bonds. The van der Waals surface area contributed by atoms with Gasteiger partial charge in [-0.25, -0.2) is 0 Å². The quantitative estimate of drug-likeness (QED) is 0.779. The fourth-order valence-corrected chi connectivity index (χ4v) is 3.07. The van der Waals surface area contributed by atoms with Crippen molar-refractivity contribution in [2.75, 3.05) is 33.4 Å². The third-order valence-electron chi connectivity index (χ3n) is 4.10. The van der Waals surface area contributed by atoms with Crippen LogP contribution in [-0.2, 0) is 19.8 Å². The number of morpholine rings is 1. The second-order valence-corrected chi connectivity index (χ2v) is 5.78. The molecule has 1 aliphatic rings. The van der Waals surface area contributed by atoms with Crippen molar-refractivity contribution < 1.29 is 29.3 Å². The number of rotatable bonds is 4. The summed E-state index contributed by atoms with van der Waals surface area (Å²) in [4.78, 5) is 16.0. The fourth-order valence-electron chi connectivity index (χ4n) is 2.83. The van der Waals surface area contributed by atoms with Crippen LogP contribution in [-0.4, -0.2) is 49.2 Å². The summed E-state index contributed by atoms with van der Waals surface area (Å²) in [5.74, 6) is 0.815. The molecule has 0 unspecified atom stereocenters. The Labute approximate surface area is 149 Å². The first-order chi connectivity index (χ1) is 11.7. The van der Waals surface area contributed by atoms with Crippen LogP contribution < -0.4 is 4.74 Å². The van der Waals surface area contributed by atoms with Crippen molar-refractivity contribution in [2.24, 2.45) is 0 Å². The Morgan fingerprint density at radius 1 is 1.17 bits per heavy atom. The summed E-state index contributed by atoms with van der Waals surface area (Å²) >= 11 is 4.80. The zero-order valence-electron chi connectivity index (χ0n) is 13.4. The van der Waals surface area contributed by atoms with Crippen molar-refractivity contribution in [1.29, 1.82) is 0 Å². The van der Waals surface area contributed by atoms with E-state index in [-0.39, 0.29) is 5.91 Å². The maximum atomic E-state index is 12.5. The van der Waals surface area contributed by atoms with Gasteiger partial charge in [-0.1, -0.05) is 0 Å². The van der Waals surface area contributed by atoms with Gasteiger partial charge in [0.2, 0.25) is 0 Å². The van der Waals surface area contributed by atoms with Gasteiger partial charge in [0, 0.05) is 0 Å². The van der Waals surface area contributed by atoms with Crippen LogP contribution in [0.4, 0.5) is 0 Å². The molecule has 0 N–H and O–H groups in total. The molecular weight excluding hydrogens is 349 g/mol. The number of methoxy groups -OCH3 is 1. The third kappa shape index (κ3) is 3.42. The molecule has 0 saturated carbocycles. The Morgan fingerprint density at radius 2 is 1.88 bits per heavy atom. The molecule has 1 fully saturated rings. The molecule has 1 saturated heterocycles. The predicted molar refractivity (Wildman–Crippen MR) is 90.3 cm³/mol. The van der Waals surface area contributed by atoms with Crippen LogP contribution in [0.25, 0.3) is 11.1 Å². The van der Waals surface area contributed by atoms with Crippen LogP contribution >= 0.6 is 0 Å². The van der Waals surface area contributed by atoms with E-state index in [0.717, 1.165) is 22.4 Å². The van der Waals surface area contributed by atoms with Crippen molar-refractivity contribution in [3.8, 4) is 16.9 Å². The summed E-state index contributed by atoms with van der Waals surface area (Å²) in [7, 11) is 1.64. The summed E-state index contributed by atoms with van der Waals surface area (Å²) in [6.07, 6.45) is 0. The summed E-state index contributed by atoms with van der Waals surface area (Å²) in [5, 5.41) is 0. The number of nitrogens with zero attached hydrogens (tertiary/aromatic N) is 1. The van der Waals surface area contributed by atoms with Crippen LogP contribution in [0.1, 0.15) is 15.9 Å². The number of carbonyl (C=O) groups excluding carboxylic acids is 1. The summed E-state index contributed by atoms with van der Waals surface area (Å²) in [6, 6.07) is 13.4. The van der Waals surface area contributed by atoms with Gasteiger partial charge in [0.25, 0.3) is 0 Å². The van der Waals surface area contributed by atoms with E-state index in [0.29, 0.717) is 31.9 Å². The van der Waals surface area contributed by atoms with Gasteiger partial charge in [-0.15, -0.1) is 0 Å². The van der Waals surface area contributed by atoms with Gasteiger partial charge in [0.1, 0.15) is 0 Å². The number of ether oxygens (including phenoxy) is 2. The van der Waals surface area contributed by atoms with Crippen molar-refractivity contribution in [3.05, 3.63) is 53.6 Å². The van der Waals surface area contributed by atoms with E-state index in [2.05, 4.69) is 0 Å². The molecule has 0 bridgehead atoms. The predicted octanol–water partition coefficient (Wildman–Crippen LogP) is 2.53. The molecule has 1 aliphatic heterocycles. The van der Waals surface area contributed by atoms with Gasteiger partial charge >= 0.3 is 149 Å². The van der Waals surface area contributed by atoms with Crippen LogP contribution in [0.5, 0.6) is 5.75 Å².